The first-order valence-corrected chi connectivity index (χ1v) is 5.82. The SMILES string of the molecule is Cc1nc(-c2ccc(F)cc2)c(CC(=O)O)s1. The molecule has 0 saturated heterocycles. The van der Waals surface area contributed by atoms with Crippen LogP contribution in [0.25, 0.3) is 11.3 Å². The Bertz CT molecular complexity index is 548. The number of carboxylic acid groups (broad SMARTS) is 1. The molecule has 1 heterocycles. The van der Waals surface area contributed by atoms with Crippen molar-refractivity contribution in [2.24, 2.45) is 0 Å². The molecule has 88 valence electrons. The number of hydrogen-bond acceptors (Lipinski definition) is 3. The number of nitrogens with zero attached hydrogens (tertiary/aromatic N) is 1. The highest BCUT2D eigenvalue weighted by molar-refractivity contribution is 7.12. The lowest BCUT2D eigenvalue weighted by Gasteiger charge is -2.00. The molecule has 0 radical (unpaired) electrons. The first kappa shape index (κ1) is 11.7. The topological polar surface area (TPSA) is 50.2 Å². The molecule has 2 aromatic rings. The molecule has 0 aliphatic heterocycles. The summed E-state index contributed by atoms with van der Waals surface area (Å²) in [6.07, 6.45) is -0.0573. The van der Waals surface area contributed by atoms with E-state index in [1.807, 2.05) is 6.92 Å². The van der Waals surface area contributed by atoms with E-state index in [1.54, 1.807) is 12.1 Å². The van der Waals surface area contributed by atoms with Crippen LogP contribution in [-0.2, 0) is 11.2 Å². The highest BCUT2D eigenvalue weighted by Crippen LogP contribution is 2.28. The fourth-order valence-corrected chi connectivity index (χ4v) is 2.51. The van der Waals surface area contributed by atoms with Gasteiger partial charge in [-0.05, 0) is 31.2 Å². The van der Waals surface area contributed by atoms with E-state index in [1.165, 1.54) is 23.5 Å². The first-order valence-electron chi connectivity index (χ1n) is 5.00. The van der Waals surface area contributed by atoms with Crippen LogP contribution in [0.15, 0.2) is 24.3 Å². The van der Waals surface area contributed by atoms with Crippen LogP contribution in [0.3, 0.4) is 0 Å². The van der Waals surface area contributed by atoms with E-state index in [4.69, 9.17) is 5.11 Å². The van der Waals surface area contributed by atoms with Crippen LogP contribution < -0.4 is 0 Å². The van der Waals surface area contributed by atoms with E-state index < -0.39 is 5.97 Å². The molecule has 1 aromatic carbocycles. The molecule has 0 aliphatic carbocycles. The molecule has 0 unspecified atom stereocenters. The summed E-state index contributed by atoms with van der Waals surface area (Å²) in [5.41, 5.74) is 1.38. The normalized spacial score (nSPS) is 10.5. The van der Waals surface area contributed by atoms with Crippen molar-refractivity contribution in [3.05, 3.63) is 40.0 Å². The monoisotopic (exact) mass is 251 g/mol. The second kappa shape index (κ2) is 4.63. The minimum absolute atomic E-state index is 0.0573. The Morgan fingerprint density at radius 2 is 2.06 bits per heavy atom. The van der Waals surface area contributed by atoms with Gasteiger partial charge in [0, 0.05) is 10.4 Å². The fourth-order valence-electron chi connectivity index (χ4n) is 1.56. The largest absolute Gasteiger partial charge is 0.481 e. The van der Waals surface area contributed by atoms with Crippen LogP contribution in [-0.4, -0.2) is 16.1 Å². The second-order valence-corrected chi connectivity index (χ2v) is 4.87. The molecular formula is C12H10FNO2S. The third-order valence-corrected chi connectivity index (χ3v) is 3.20. The molecule has 0 atom stereocenters. The number of carbonyl (C=O) groups is 1. The fraction of sp³-hybridized carbons (Fsp3) is 0.167. The van der Waals surface area contributed by atoms with Gasteiger partial charge in [0.05, 0.1) is 17.1 Å². The van der Waals surface area contributed by atoms with Gasteiger partial charge in [-0.2, -0.15) is 0 Å². The number of aliphatic carboxylic acids is 1. The Labute approximate surface area is 102 Å². The van der Waals surface area contributed by atoms with E-state index in [0.29, 0.717) is 10.6 Å². The van der Waals surface area contributed by atoms with Gasteiger partial charge >= 0.3 is 5.97 Å². The smallest absolute Gasteiger partial charge is 0.308 e. The molecule has 0 fully saturated rings. The van der Waals surface area contributed by atoms with Gasteiger partial charge in [-0.15, -0.1) is 11.3 Å². The maximum Gasteiger partial charge on any atom is 0.308 e. The standard InChI is InChI=1S/C12H10FNO2S/c1-7-14-12(10(17-7)6-11(15)16)8-2-4-9(13)5-3-8/h2-5H,6H2,1H3,(H,15,16). The second-order valence-electron chi connectivity index (χ2n) is 3.58. The Hall–Kier alpha value is -1.75. The molecule has 0 saturated carbocycles. The summed E-state index contributed by atoms with van der Waals surface area (Å²) in [4.78, 5) is 15.7. The predicted octanol–water partition coefficient (Wildman–Crippen LogP) is 2.88. The lowest BCUT2D eigenvalue weighted by Crippen LogP contribution is -1.99. The van der Waals surface area contributed by atoms with Crippen molar-refractivity contribution in [2.75, 3.05) is 0 Å². The van der Waals surface area contributed by atoms with Gasteiger partial charge in [0.25, 0.3) is 0 Å². The first-order chi connectivity index (χ1) is 8.06. The van der Waals surface area contributed by atoms with Crippen LogP contribution in [0.5, 0.6) is 0 Å². The number of halogens is 1. The van der Waals surface area contributed by atoms with E-state index in [9.17, 15) is 9.18 Å². The molecule has 1 aromatic heterocycles. The minimum Gasteiger partial charge on any atom is -0.481 e. The van der Waals surface area contributed by atoms with E-state index >= 15 is 0 Å². The van der Waals surface area contributed by atoms with Gasteiger partial charge in [-0.3, -0.25) is 4.79 Å². The molecule has 0 bridgehead atoms. The number of aromatic nitrogens is 1. The zero-order valence-corrected chi connectivity index (χ0v) is 9.92. The Balaban J connectivity index is 2.43. The van der Waals surface area contributed by atoms with Crippen molar-refractivity contribution in [2.45, 2.75) is 13.3 Å². The summed E-state index contributed by atoms with van der Waals surface area (Å²) in [5, 5.41) is 9.62. The lowest BCUT2D eigenvalue weighted by molar-refractivity contribution is -0.136. The molecule has 3 nitrogen and oxygen atoms in total. The lowest BCUT2D eigenvalue weighted by atomic mass is 10.1. The molecule has 0 amide bonds. The van der Waals surface area contributed by atoms with Crippen LogP contribution in [0.2, 0.25) is 0 Å². The van der Waals surface area contributed by atoms with E-state index in [2.05, 4.69) is 4.98 Å². The van der Waals surface area contributed by atoms with Gasteiger partial charge in [-0.25, -0.2) is 9.37 Å². The molecule has 0 spiro atoms. The van der Waals surface area contributed by atoms with Crippen LogP contribution in [0.1, 0.15) is 9.88 Å². The number of aryl methyl sites for hydroxylation is 1. The van der Waals surface area contributed by atoms with Gasteiger partial charge in [0.2, 0.25) is 0 Å². The van der Waals surface area contributed by atoms with Crippen molar-refractivity contribution in [3.63, 3.8) is 0 Å². The van der Waals surface area contributed by atoms with E-state index in [-0.39, 0.29) is 12.2 Å². The maximum atomic E-state index is 12.8. The summed E-state index contributed by atoms with van der Waals surface area (Å²) in [5.74, 6) is -1.21. The summed E-state index contributed by atoms with van der Waals surface area (Å²) >= 11 is 1.36. The van der Waals surface area contributed by atoms with Crippen LogP contribution in [0.4, 0.5) is 4.39 Å². The molecule has 5 heteroatoms. The van der Waals surface area contributed by atoms with Gasteiger partial charge < -0.3 is 5.11 Å². The van der Waals surface area contributed by atoms with Gasteiger partial charge in [0.15, 0.2) is 0 Å². The van der Waals surface area contributed by atoms with Crippen molar-refractivity contribution in [1.82, 2.24) is 4.98 Å². The molecular weight excluding hydrogens is 241 g/mol. The van der Waals surface area contributed by atoms with Gasteiger partial charge in [-0.1, -0.05) is 0 Å². The highest BCUT2D eigenvalue weighted by atomic mass is 32.1. The maximum absolute atomic E-state index is 12.8. The number of rotatable bonds is 3. The number of benzene rings is 1. The zero-order valence-electron chi connectivity index (χ0n) is 9.11. The summed E-state index contributed by atoms with van der Waals surface area (Å²) in [6, 6.07) is 5.90. The van der Waals surface area contributed by atoms with Crippen molar-refractivity contribution in [1.29, 1.82) is 0 Å². The molecule has 1 N–H and O–H groups in total. The number of thiazole rings is 1. The van der Waals surface area contributed by atoms with E-state index in [0.717, 1.165) is 10.6 Å². The Kier molecular flexibility index (Phi) is 3.19. The minimum atomic E-state index is -0.892. The Morgan fingerprint density at radius 3 is 2.65 bits per heavy atom. The number of carboxylic acids is 1. The Morgan fingerprint density at radius 1 is 1.41 bits per heavy atom. The van der Waals surface area contributed by atoms with Crippen LogP contribution >= 0.6 is 11.3 Å². The third kappa shape index (κ3) is 2.68. The van der Waals surface area contributed by atoms with Crippen molar-refractivity contribution in [3.8, 4) is 11.3 Å². The molecule has 2 rings (SSSR count). The zero-order chi connectivity index (χ0) is 12.4. The molecule has 0 aliphatic rings. The quantitative estimate of drug-likeness (QED) is 0.912. The highest BCUT2D eigenvalue weighted by Gasteiger charge is 2.13. The number of hydrogen-bond donors (Lipinski definition) is 1. The van der Waals surface area contributed by atoms with Gasteiger partial charge in [0.1, 0.15) is 5.82 Å². The summed E-state index contributed by atoms with van der Waals surface area (Å²) in [7, 11) is 0. The molecule has 17 heavy (non-hydrogen) atoms. The van der Waals surface area contributed by atoms with Crippen molar-refractivity contribution < 1.29 is 14.3 Å². The third-order valence-electron chi connectivity index (χ3n) is 2.23. The summed E-state index contributed by atoms with van der Waals surface area (Å²) < 4.78 is 12.8. The average Bonchev–Trinajstić information content (AvgIpc) is 2.59. The average molecular weight is 251 g/mol. The van der Waals surface area contributed by atoms with Crippen LogP contribution in [0, 0.1) is 12.7 Å². The predicted molar refractivity (Wildman–Crippen MR) is 63.6 cm³/mol. The van der Waals surface area contributed by atoms with Crippen molar-refractivity contribution >= 4 is 17.3 Å². The summed E-state index contributed by atoms with van der Waals surface area (Å²) in [6.45, 7) is 1.82.